The number of rotatable bonds is 4. The van der Waals surface area contributed by atoms with Crippen LogP contribution in [-0.4, -0.2) is 11.5 Å². The first-order valence-corrected chi connectivity index (χ1v) is 6.58. The van der Waals surface area contributed by atoms with Crippen molar-refractivity contribution in [2.45, 2.75) is 13.3 Å². The van der Waals surface area contributed by atoms with E-state index in [0.717, 1.165) is 27.8 Å². The lowest BCUT2D eigenvalue weighted by molar-refractivity contribution is 0.452. The molecule has 0 aliphatic rings. The highest BCUT2D eigenvalue weighted by molar-refractivity contribution is 9.10. The van der Waals surface area contributed by atoms with Gasteiger partial charge < -0.3 is 10.5 Å². The molecule has 18 heavy (non-hydrogen) atoms. The highest BCUT2D eigenvalue weighted by atomic mass is 79.9. The standard InChI is InChI=1S/C14H15BrN2O/c1-10-4-5-12(15)9-13(10)18-14-11(6-7-16)3-2-8-17-14/h2-5,8-9H,6-7,16H2,1H3. The average Bonchev–Trinajstić information content (AvgIpc) is 2.36. The fourth-order valence-corrected chi connectivity index (χ4v) is 1.99. The van der Waals surface area contributed by atoms with Crippen molar-refractivity contribution >= 4 is 15.9 Å². The quantitative estimate of drug-likeness (QED) is 0.941. The second-order valence-electron chi connectivity index (χ2n) is 4.02. The number of benzene rings is 1. The zero-order chi connectivity index (χ0) is 13.0. The van der Waals surface area contributed by atoms with Crippen molar-refractivity contribution in [1.29, 1.82) is 0 Å². The molecule has 2 rings (SSSR count). The van der Waals surface area contributed by atoms with Crippen LogP contribution in [0.15, 0.2) is 41.0 Å². The zero-order valence-electron chi connectivity index (χ0n) is 10.2. The summed E-state index contributed by atoms with van der Waals surface area (Å²) in [5.41, 5.74) is 7.69. The Kier molecular flexibility index (Phi) is 4.33. The number of pyridine rings is 1. The molecule has 1 heterocycles. The van der Waals surface area contributed by atoms with E-state index in [1.165, 1.54) is 0 Å². The summed E-state index contributed by atoms with van der Waals surface area (Å²) in [5, 5.41) is 0. The van der Waals surface area contributed by atoms with Crippen LogP contribution in [0.25, 0.3) is 0 Å². The van der Waals surface area contributed by atoms with Gasteiger partial charge in [-0.25, -0.2) is 4.98 Å². The van der Waals surface area contributed by atoms with E-state index < -0.39 is 0 Å². The van der Waals surface area contributed by atoms with Gasteiger partial charge in [0.15, 0.2) is 0 Å². The number of nitrogens with two attached hydrogens (primary N) is 1. The summed E-state index contributed by atoms with van der Waals surface area (Å²) in [6, 6.07) is 9.82. The highest BCUT2D eigenvalue weighted by Gasteiger charge is 2.07. The van der Waals surface area contributed by atoms with Crippen LogP contribution in [0.3, 0.4) is 0 Å². The Morgan fingerprint density at radius 2 is 2.17 bits per heavy atom. The van der Waals surface area contributed by atoms with Crippen molar-refractivity contribution < 1.29 is 4.74 Å². The lowest BCUT2D eigenvalue weighted by atomic mass is 10.2. The monoisotopic (exact) mass is 306 g/mol. The third-order valence-electron chi connectivity index (χ3n) is 2.62. The van der Waals surface area contributed by atoms with Crippen LogP contribution < -0.4 is 10.5 Å². The zero-order valence-corrected chi connectivity index (χ0v) is 11.8. The van der Waals surface area contributed by atoms with E-state index in [9.17, 15) is 0 Å². The molecule has 94 valence electrons. The summed E-state index contributed by atoms with van der Waals surface area (Å²) in [4.78, 5) is 4.27. The molecule has 0 amide bonds. The van der Waals surface area contributed by atoms with Crippen LogP contribution in [0, 0.1) is 6.92 Å². The Bertz CT molecular complexity index is 543. The fraction of sp³-hybridized carbons (Fsp3) is 0.214. The van der Waals surface area contributed by atoms with Crippen LogP contribution in [0.4, 0.5) is 0 Å². The Labute approximate surface area is 115 Å². The van der Waals surface area contributed by atoms with E-state index in [-0.39, 0.29) is 0 Å². The number of aryl methyl sites for hydroxylation is 1. The molecule has 1 aromatic carbocycles. The predicted molar refractivity (Wildman–Crippen MR) is 75.9 cm³/mol. The normalized spacial score (nSPS) is 10.4. The van der Waals surface area contributed by atoms with Gasteiger partial charge in [-0.15, -0.1) is 0 Å². The van der Waals surface area contributed by atoms with Crippen LogP contribution in [0.1, 0.15) is 11.1 Å². The molecule has 2 N–H and O–H groups in total. The van der Waals surface area contributed by atoms with Gasteiger partial charge in [0.2, 0.25) is 5.88 Å². The highest BCUT2D eigenvalue weighted by Crippen LogP contribution is 2.28. The first-order chi connectivity index (χ1) is 8.70. The number of aromatic nitrogens is 1. The maximum absolute atomic E-state index is 5.88. The van der Waals surface area contributed by atoms with Gasteiger partial charge in [0, 0.05) is 16.2 Å². The molecule has 0 saturated carbocycles. The summed E-state index contributed by atoms with van der Waals surface area (Å²) in [6.07, 6.45) is 2.49. The first-order valence-electron chi connectivity index (χ1n) is 5.78. The third kappa shape index (κ3) is 3.09. The van der Waals surface area contributed by atoms with Gasteiger partial charge >= 0.3 is 0 Å². The Morgan fingerprint density at radius 3 is 2.94 bits per heavy atom. The third-order valence-corrected chi connectivity index (χ3v) is 3.11. The largest absolute Gasteiger partial charge is 0.438 e. The minimum absolute atomic E-state index is 0.583. The number of hydrogen-bond donors (Lipinski definition) is 1. The number of hydrogen-bond acceptors (Lipinski definition) is 3. The van der Waals surface area contributed by atoms with Crippen molar-refractivity contribution in [1.82, 2.24) is 4.98 Å². The molecule has 0 fully saturated rings. The molecule has 4 heteroatoms. The minimum atomic E-state index is 0.583. The molecule has 0 bridgehead atoms. The molecule has 0 aliphatic carbocycles. The van der Waals surface area contributed by atoms with Crippen LogP contribution in [0.2, 0.25) is 0 Å². The molecular weight excluding hydrogens is 292 g/mol. The van der Waals surface area contributed by atoms with Crippen molar-refractivity contribution in [2.24, 2.45) is 5.73 Å². The number of nitrogens with zero attached hydrogens (tertiary/aromatic N) is 1. The van der Waals surface area contributed by atoms with Crippen LogP contribution >= 0.6 is 15.9 Å². The Morgan fingerprint density at radius 1 is 1.33 bits per heavy atom. The van der Waals surface area contributed by atoms with Crippen LogP contribution in [-0.2, 0) is 6.42 Å². The van der Waals surface area contributed by atoms with E-state index in [4.69, 9.17) is 10.5 Å². The van der Waals surface area contributed by atoms with E-state index >= 15 is 0 Å². The lowest BCUT2D eigenvalue weighted by Gasteiger charge is -2.11. The van der Waals surface area contributed by atoms with Gasteiger partial charge in [0.05, 0.1) is 0 Å². The van der Waals surface area contributed by atoms with Crippen molar-refractivity contribution in [3.63, 3.8) is 0 Å². The number of ether oxygens (including phenoxy) is 1. The van der Waals surface area contributed by atoms with Gasteiger partial charge in [-0.3, -0.25) is 0 Å². The molecule has 0 radical (unpaired) electrons. The molecule has 0 aliphatic heterocycles. The second kappa shape index (κ2) is 5.98. The van der Waals surface area contributed by atoms with Crippen molar-refractivity contribution in [3.05, 3.63) is 52.1 Å². The second-order valence-corrected chi connectivity index (χ2v) is 4.93. The molecular formula is C14H15BrN2O. The molecule has 0 unspecified atom stereocenters. The van der Waals surface area contributed by atoms with E-state index in [1.807, 2.05) is 37.3 Å². The van der Waals surface area contributed by atoms with E-state index in [0.29, 0.717) is 12.4 Å². The maximum atomic E-state index is 5.88. The van der Waals surface area contributed by atoms with Crippen molar-refractivity contribution in [2.75, 3.05) is 6.54 Å². The average molecular weight is 307 g/mol. The summed E-state index contributed by atoms with van der Waals surface area (Å²) in [5.74, 6) is 1.44. The summed E-state index contributed by atoms with van der Waals surface area (Å²) < 4.78 is 6.86. The van der Waals surface area contributed by atoms with Gasteiger partial charge in [-0.05, 0) is 43.7 Å². The van der Waals surface area contributed by atoms with Gasteiger partial charge in [-0.2, -0.15) is 0 Å². The SMILES string of the molecule is Cc1ccc(Br)cc1Oc1ncccc1CCN. The summed E-state index contributed by atoms with van der Waals surface area (Å²) in [6.45, 7) is 2.59. The van der Waals surface area contributed by atoms with Crippen LogP contribution in [0.5, 0.6) is 11.6 Å². The number of halogens is 1. The first kappa shape index (κ1) is 13.1. The Balaban J connectivity index is 2.30. The predicted octanol–water partition coefficient (Wildman–Crippen LogP) is 3.45. The topological polar surface area (TPSA) is 48.1 Å². The summed E-state index contributed by atoms with van der Waals surface area (Å²) in [7, 11) is 0. The lowest BCUT2D eigenvalue weighted by Crippen LogP contribution is -2.05. The molecule has 2 aromatic rings. The van der Waals surface area contributed by atoms with Gasteiger partial charge in [0.25, 0.3) is 0 Å². The molecule has 0 saturated heterocycles. The smallest absolute Gasteiger partial charge is 0.222 e. The van der Waals surface area contributed by atoms with Gasteiger partial charge in [0.1, 0.15) is 5.75 Å². The minimum Gasteiger partial charge on any atom is -0.438 e. The van der Waals surface area contributed by atoms with E-state index in [1.54, 1.807) is 6.20 Å². The Hall–Kier alpha value is -1.39. The fourth-order valence-electron chi connectivity index (χ4n) is 1.65. The van der Waals surface area contributed by atoms with Gasteiger partial charge in [-0.1, -0.05) is 28.1 Å². The summed E-state index contributed by atoms with van der Waals surface area (Å²) >= 11 is 3.44. The molecule has 0 spiro atoms. The molecule has 0 atom stereocenters. The van der Waals surface area contributed by atoms with E-state index in [2.05, 4.69) is 20.9 Å². The van der Waals surface area contributed by atoms with Crippen molar-refractivity contribution in [3.8, 4) is 11.6 Å². The molecule has 1 aromatic heterocycles. The maximum Gasteiger partial charge on any atom is 0.222 e. The molecule has 3 nitrogen and oxygen atoms in total.